The van der Waals surface area contributed by atoms with Gasteiger partial charge in [-0.25, -0.2) is 9.48 Å². The normalized spacial score (nSPS) is 18.4. The number of aromatic nitrogens is 2. The van der Waals surface area contributed by atoms with E-state index in [2.05, 4.69) is 5.10 Å². The van der Waals surface area contributed by atoms with Crippen LogP contribution in [0.4, 0.5) is 4.79 Å². The van der Waals surface area contributed by atoms with Gasteiger partial charge in [-0.1, -0.05) is 48.5 Å². The second-order valence-electron chi connectivity index (χ2n) is 7.49. The van der Waals surface area contributed by atoms with Crippen molar-refractivity contribution < 1.29 is 14.3 Å². The molecule has 3 heterocycles. The highest BCUT2D eigenvalue weighted by atomic mass is 16.6. The Kier molecular flexibility index (Phi) is 4.46. The smallest absolute Gasteiger partial charge is 0.410 e. The van der Waals surface area contributed by atoms with Gasteiger partial charge in [0.1, 0.15) is 13.2 Å². The number of carbonyl (C=O) groups is 2. The average molecular weight is 404 g/mol. The molecular weight excluding hydrogens is 384 g/mol. The van der Waals surface area contributed by atoms with Crippen molar-refractivity contribution in [2.45, 2.75) is 12.6 Å². The number of carbonyl (C=O) groups excluding carboxylic acids is 2. The van der Waals surface area contributed by atoms with Crippen LogP contribution < -0.4 is 5.56 Å². The molecule has 2 aliphatic heterocycles. The Morgan fingerprint density at radius 3 is 2.53 bits per heavy atom. The lowest BCUT2D eigenvalue weighted by molar-refractivity contribution is -0.134. The monoisotopic (exact) mass is 404 g/mol. The van der Waals surface area contributed by atoms with Gasteiger partial charge in [0.05, 0.1) is 17.1 Å². The van der Waals surface area contributed by atoms with Crippen LogP contribution in [0.15, 0.2) is 59.4 Å². The maximum atomic E-state index is 13.0. The van der Waals surface area contributed by atoms with E-state index in [9.17, 15) is 14.4 Å². The zero-order valence-electron chi connectivity index (χ0n) is 16.2. The van der Waals surface area contributed by atoms with E-state index in [1.165, 1.54) is 4.68 Å². The molecule has 2 amide bonds. The van der Waals surface area contributed by atoms with Crippen molar-refractivity contribution in [2.75, 3.05) is 26.2 Å². The van der Waals surface area contributed by atoms with E-state index in [0.29, 0.717) is 30.7 Å². The van der Waals surface area contributed by atoms with Gasteiger partial charge >= 0.3 is 6.09 Å². The van der Waals surface area contributed by atoms with E-state index in [1.54, 1.807) is 21.9 Å². The van der Waals surface area contributed by atoms with Crippen LogP contribution in [0.2, 0.25) is 0 Å². The summed E-state index contributed by atoms with van der Waals surface area (Å²) >= 11 is 0. The maximum Gasteiger partial charge on any atom is 0.410 e. The quantitative estimate of drug-likeness (QED) is 0.664. The minimum Gasteiger partial charge on any atom is -0.447 e. The molecule has 2 aromatic carbocycles. The Labute approximate surface area is 172 Å². The van der Waals surface area contributed by atoms with Crippen molar-refractivity contribution >= 4 is 22.8 Å². The third-order valence-corrected chi connectivity index (χ3v) is 5.67. The SMILES string of the molecule is O=C(Cn1nc(-c2ccccc2)c2ccccc2c1=O)N1CCN2C(=O)OCC2C1. The second-order valence-corrected chi connectivity index (χ2v) is 7.49. The van der Waals surface area contributed by atoms with E-state index in [1.807, 2.05) is 42.5 Å². The summed E-state index contributed by atoms with van der Waals surface area (Å²) in [5.41, 5.74) is 1.25. The van der Waals surface area contributed by atoms with Crippen LogP contribution in [0.3, 0.4) is 0 Å². The molecule has 0 saturated carbocycles. The van der Waals surface area contributed by atoms with Crippen molar-refractivity contribution in [1.29, 1.82) is 0 Å². The Bertz CT molecular complexity index is 1190. The number of amides is 2. The minimum absolute atomic E-state index is 0.128. The molecule has 3 aromatic rings. The van der Waals surface area contributed by atoms with E-state index >= 15 is 0 Å². The summed E-state index contributed by atoms with van der Waals surface area (Å²) in [5.74, 6) is -0.196. The molecule has 1 unspecified atom stereocenters. The predicted molar refractivity (Wildman–Crippen MR) is 110 cm³/mol. The molecule has 1 atom stereocenters. The fraction of sp³-hybridized carbons (Fsp3) is 0.273. The summed E-state index contributed by atoms with van der Waals surface area (Å²) in [6.07, 6.45) is -0.327. The maximum absolute atomic E-state index is 13.0. The fourth-order valence-corrected chi connectivity index (χ4v) is 4.09. The first-order chi connectivity index (χ1) is 14.6. The summed E-state index contributed by atoms with van der Waals surface area (Å²) < 4.78 is 6.31. The van der Waals surface area contributed by atoms with Crippen LogP contribution in [-0.4, -0.2) is 63.9 Å². The number of hydrogen-bond donors (Lipinski definition) is 0. The Morgan fingerprint density at radius 1 is 1.00 bits per heavy atom. The third-order valence-electron chi connectivity index (χ3n) is 5.67. The van der Waals surface area contributed by atoms with Gasteiger partial charge in [-0.15, -0.1) is 0 Å². The lowest BCUT2D eigenvalue weighted by atomic mass is 10.1. The van der Waals surface area contributed by atoms with E-state index in [0.717, 1.165) is 10.9 Å². The van der Waals surface area contributed by atoms with Gasteiger partial charge in [-0.3, -0.25) is 14.5 Å². The highest BCUT2D eigenvalue weighted by Gasteiger charge is 2.38. The molecule has 0 bridgehead atoms. The number of rotatable bonds is 3. The predicted octanol–water partition coefficient (Wildman–Crippen LogP) is 1.73. The van der Waals surface area contributed by atoms with Gasteiger partial charge in [-0.2, -0.15) is 5.10 Å². The first-order valence-electron chi connectivity index (χ1n) is 9.88. The molecule has 30 heavy (non-hydrogen) atoms. The summed E-state index contributed by atoms with van der Waals surface area (Å²) in [6, 6.07) is 16.8. The van der Waals surface area contributed by atoms with Crippen LogP contribution >= 0.6 is 0 Å². The number of nitrogens with zero attached hydrogens (tertiary/aromatic N) is 4. The second kappa shape index (κ2) is 7.29. The van der Waals surface area contributed by atoms with Crippen molar-refractivity contribution in [3.8, 4) is 11.3 Å². The number of benzene rings is 2. The van der Waals surface area contributed by atoms with Gasteiger partial charge in [0.2, 0.25) is 5.91 Å². The Balaban J connectivity index is 1.47. The van der Waals surface area contributed by atoms with Crippen molar-refractivity contribution in [2.24, 2.45) is 0 Å². The van der Waals surface area contributed by atoms with Gasteiger partial charge in [0.25, 0.3) is 5.56 Å². The third kappa shape index (κ3) is 3.10. The largest absolute Gasteiger partial charge is 0.447 e. The zero-order valence-corrected chi connectivity index (χ0v) is 16.2. The molecule has 152 valence electrons. The number of cyclic esters (lactones) is 1. The van der Waals surface area contributed by atoms with Crippen LogP contribution in [0.25, 0.3) is 22.0 Å². The molecule has 2 aliphatic rings. The summed E-state index contributed by atoms with van der Waals surface area (Å²) in [5, 5.41) is 5.84. The standard InChI is InChI=1S/C22H20N4O4/c27-19(24-10-11-25-16(12-24)14-30-22(25)29)13-26-21(28)18-9-5-4-8-17(18)20(23-26)15-6-2-1-3-7-15/h1-9,16H,10-14H2. The van der Waals surface area contributed by atoms with Crippen LogP contribution in [0, 0.1) is 0 Å². The Morgan fingerprint density at radius 2 is 1.73 bits per heavy atom. The molecule has 5 rings (SSSR count). The number of fused-ring (bicyclic) bond motifs is 2. The highest BCUT2D eigenvalue weighted by molar-refractivity contribution is 5.93. The zero-order chi connectivity index (χ0) is 20.7. The van der Waals surface area contributed by atoms with Crippen molar-refractivity contribution in [1.82, 2.24) is 19.6 Å². The number of piperazine rings is 1. The van der Waals surface area contributed by atoms with E-state index in [4.69, 9.17) is 4.74 Å². The molecule has 2 saturated heterocycles. The van der Waals surface area contributed by atoms with Gasteiger partial charge in [0, 0.05) is 30.6 Å². The summed E-state index contributed by atoms with van der Waals surface area (Å²) in [7, 11) is 0. The molecule has 0 spiro atoms. The van der Waals surface area contributed by atoms with Crippen LogP contribution in [0.1, 0.15) is 0 Å². The highest BCUT2D eigenvalue weighted by Crippen LogP contribution is 2.24. The molecule has 2 fully saturated rings. The van der Waals surface area contributed by atoms with Gasteiger partial charge in [0.15, 0.2) is 0 Å². The molecule has 1 aromatic heterocycles. The van der Waals surface area contributed by atoms with Crippen LogP contribution in [0.5, 0.6) is 0 Å². The van der Waals surface area contributed by atoms with Crippen molar-refractivity contribution in [3.05, 3.63) is 65.0 Å². The number of hydrogen-bond acceptors (Lipinski definition) is 5. The average Bonchev–Trinajstić information content (AvgIpc) is 3.16. The lowest BCUT2D eigenvalue weighted by Gasteiger charge is -2.35. The fourth-order valence-electron chi connectivity index (χ4n) is 4.09. The number of ether oxygens (including phenoxy) is 1. The van der Waals surface area contributed by atoms with E-state index in [-0.39, 0.29) is 36.8 Å². The van der Waals surface area contributed by atoms with Gasteiger partial charge in [-0.05, 0) is 6.07 Å². The molecule has 8 heteroatoms. The summed E-state index contributed by atoms with van der Waals surface area (Å²) in [4.78, 5) is 41.0. The van der Waals surface area contributed by atoms with Crippen LogP contribution in [-0.2, 0) is 16.1 Å². The first-order valence-corrected chi connectivity index (χ1v) is 9.88. The van der Waals surface area contributed by atoms with E-state index < -0.39 is 0 Å². The topological polar surface area (TPSA) is 84.7 Å². The lowest BCUT2D eigenvalue weighted by Crippen LogP contribution is -2.54. The molecule has 0 N–H and O–H groups in total. The molecular formula is C22H20N4O4. The first kappa shape index (κ1) is 18.4. The summed E-state index contributed by atoms with van der Waals surface area (Å²) in [6.45, 7) is 1.39. The molecule has 8 nitrogen and oxygen atoms in total. The van der Waals surface area contributed by atoms with Crippen molar-refractivity contribution in [3.63, 3.8) is 0 Å². The van der Waals surface area contributed by atoms with Gasteiger partial charge < -0.3 is 9.64 Å². The minimum atomic E-state index is -0.327. The molecule has 0 aliphatic carbocycles. The Hall–Kier alpha value is -3.68. The molecule has 0 radical (unpaired) electrons.